The van der Waals surface area contributed by atoms with Crippen LogP contribution in [0.3, 0.4) is 0 Å². The number of carbonyl (C=O) groups excluding carboxylic acids is 1. The Balaban J connectivity index is 2.81. The van der Waals surface area contributed by atoms with Gasteiger partial charge < -0.3 is 9.64 Å². The van der Waals surface area contributed by atoms with Gasteiger partial charge in [-0.3, -0.25) is 4.90 Å². The summed E-state index contributed by atoms with van der Waals surface area (Å²) in [6, 6.07) is 7.69. The van der Waals surface area contributed by atoms with E-state index in [2.05, 4.69) is 17.7 Å². The lowest BCUT2D eigenvalue weighted by Gasteiger charge is -2.23. The van der Waals surface area contributed by atoms with Crippen LogP contribution in [0.2, 0.25) is 0 Å². The first-order chi connectivity index (χ1) is 9.49. The van der Waals surface area contributed by atoms with Crippen LogP contribution in [0.25, 0.3) is 0 Å². The Morgan fingerprint density at radius 3 is 2.75 bits per heavy atom. The van der Waals surface area contributed by atoms with E-state index in [-0.39, 0.29) is 12.1 Å². The lowest BCUT2D eigenvalue weighted by Crippen LogP contribution is -2.29. The predicted octanol–water partition coefficient (Wildman–Crippen LogP) is 2.76. The molecule has 0 heterocycles. The second kappa shape index (κ2) is 7.56. The van der Waals surface area contributed by atoms with Crippen molar-refractivity contribution in [3.8, 4) is 18.1 Å². The van der Waals surface area contributed by atoms with Gasteiger partial charge in [-0.1, -0.05) is 18.1 Å². The van der Waals surface area contributed by atoms with Crippen molar-refractivity contribution in [1.82, 2.24) is 9.80 Å². The topological polar surface area (TPSA) is 32.8 Å². The second-order valence-electron chi connectivity index (χ2n) is 4.75. The minimum atomic E-state index is -0.353. The second-order valence-corrected chi connectivity index (χ2v) is 4.75. The largest absolute Gasteiger partial charge is 0.414 e. The van der Waals surface area contributed by atoms with Crippen LogP contribution < -0.4 is 4.74 Å². The maximum atomic E-state index is 11.7. The van der Waals surface area contributed by atoms with Crippen LogP contribution in [0.5, 0.6) is 5.75 Å². The minimum Gasteiger partial charge on any atom is -0.410 e. The fourth-order valence-electron chi connectivity index (χ4n) is 1.68. The number of amides is 1. The van der Waals surface area contributed by atoms with Crippen molar-refractivity contribution in [2.45, 2.75) is 19.9 Å². The number of hydrogen-bond donors (Lipinski definition) is 0. The van der Waals surface area contributed by atoms with E-state index in [1.807, 2.05) is 32.2 Å². The standard InChI is InChI=1S/C16H22N2O2/c1-6-11-18(5)13(3)14-9-8-10-15(12-14)20-16(19)17(4)7-2/h1,8-10,12-13H,7,11H2,2-5H3/t13-/m1/s1. The van der Waals surface area contributed by atoms with Crippen LogP contribution in [0.15, 0.2) is 24.3 Å². The molecule has 0 fully saturated rings. The van der Waals surface area contributed by atoms with Gasteiger partial charge in [0.15, 0.2) is 0 Å². The molecule has 0 N–H and O–H groups in total. The summed E-state index contributed by atoms with van der Waals surface area (Å²) in [4.78, 5) is 15.3. The average molecular weight is 274 g/mol. The third kappa shape index (κ3) is 4.29. The highest BCUT2D eigenvalue weighted by molar-refractivity contribution is 5.70. The molecular weight excluding hydrogens is 252 g/mol. The molecule has 0 aliphatic heterocycles. The van der Waals surface area contributed by atoms with Crippen molar-refractivity contribution in [3.05, 3.63) is 29.8 Å². The Kier molecular flexibility index (Phi) is 6.08. The van der Waals surface area contributed by atoms with Gasteiger partial charge in [-0.15, -0.1) is 6.42 Å². The Morgan fingerprint density at radius 2 is 2.15 bits per heavy atom. The lowest BCUT2D eigenvalue weighted by molar-refractivity contribution is 0.165. The summed E-state index contributed by atoms with van der Waals surface area (Å²) in [5.74, 6) is 3.17. The zero-order chi connectivity index (χ0) is 15.1. The Bertz CT molecular complexity index is 493. The number of benzene rings is 1. The molecule has 0 radical (unpaired) electrons. The Hall–Kier alpha value is -1.99. The molecule has 1 rings (SSSR count). The van der Waals surface area contributed by atoms with Crippen LogP contribution in [0.1, 0.15) is 25.5 Å². The molecule has 0 aromatic heterocycles. The molecule has 1 atom stereocenters. The highest BCUT2D eigenvalue weighted by Crippen LogP contribution is 2.23. The van der Waals surface area contributed by atoms with Gasteiger partial charge in [0.05, 0.1) is 6.54 Å². The molecule has 20 heavy (non-hydrogen) atoms. The first kappa shape index (κ1) is 16.1. The molecule has 1 aromatic rings. The molecule has 0 aliphatic rings. The normalized spacial score (nSPS) is 11.8. The molecule has 4 nitrogen and oxygen atoms in total. The van der Waals surface area contributed by atoms with Gasteiger partial charge in [-0.25, -0.2) is 4.79 Å². The van der Waals surface area contributed by atoms with Crippen LogP contribution >= 0.6 is 0 Å². The molecule has 108 valence electrons. The molecular formula is C16H22N2O2. The van der Waals surface area contributed by atoms with E-state index < -0.39 is 0 Å². The zero-order valence-electron chi connectivity index (χ0n) is 12.6. The molecule has 0 bridgehead atoms. The third-order valence-electron chi connectivity index (χ3n) is 3.33. The van der Waals surface area contributed by atoms with Crippen molar-refractivity contribution in [1.29, 1.82) is 0 Å². The quantitative estimate of drug-likeness (QED) is 0.774. The lowest BCUT2D eigenvalue weighted by atomic mass is 10.1. The van der Waals surface area contributed by atoms with Gasteiger partial charge in [-0.2, -0.15) is 0 Å². The molecule has 1 amide bonds. The van der Waals surface area contributed by atoms with E-state index in [9.17, 15) is 4.79 Å². The van der Waals surface area contributed by atoms with Crippen molar-refractivity contribution < 1.29 is 9.53 Å². The number of nitrogens with zero attached hydrogens (tertiary/aromatic N) is 2. The number of hydrogen-bond acceptors (Lipinski definition) is 3. The van der Waals surface area contributed by atoms with Crippen LogP contribution in [0.4, 0.5) is 4.79 Å². The summed E-state index contributed by atoms with van der Waals surface area (Å²) in [7, 11) is 3.67. The molecule has 0 saturated heterocycles. The summed E-state index contributed by atoms with van der Waals surface area (Å²) in [6.45, 7) is 5.15. The van der Waals surface area contributed by atoms with Crippen molar-refractivity contribution in [2.24, 2.45) is 0 Å². The van der Waals surface area contributed by atoms with Gasteiger partial charge in [0.25, 0.3) is 0 Å². The van der Waals surface area contributed by atoms with E-state index in [4.69, 9.17) is 11.2 Å². The first-order valence-corrected chi connectivity index (χ1v) is 6.66. The monoisotopic (exact) mass is 274 g/mol. The predicted molar refractivity (Wildman–Crippen MR) is 80.6 cm³/mol. The van der Waals surface area contributed by atoms with Gasteiger partial charge in [-0.05, 0) is 38.6 Å². The summed E-state index contributed by atoms with van der Waals surface area (Å²) in [5.41, 5.74) is 1.06. The van der Waals surface area contributed by atoms with Gasteiger partial charge in [0.1, 0.15) is 5.75 Å². The highest BCUT2D eigenvalue weighted by atomic mass is 16.6. The van der Waals surface area contributed by atoms with Gasteiger partial charge >= 0.3 is 6.09 Å². The smallest absolute Gasteiger partial charge is 0.410 e. The van der Waals surface area contributed by atoms with Crippen LogP contribution in [-0.2, 0) is 0 Å². The summed E-state index contributed by atoms with van der Waals surface area (Å²) < 4.78 is 5.33. The number of carbonyl (C=O) groups is 1. The molecule has 4 heteroatoms. The SMILES string of the molecule is C#CCN(C)[C@H](C)c1cccc(OC(=O)N(C)CC)c1. The number of ether oxygens (including phenoxy) is 1. The molecule has 0 spiro atoms. The maximum absolute atomic E-state index is 11.7. The summed E-state index contributed by atoms with van der Waals surface area (Å²) in [6.07, 6.45) is 4.97. The zero-order valence-corrected chi connectivity index (χ0v) is 12.6. The van der Waals surface area contributed by atoms with Crippen molar-refractivity contribution in [2.75, 3.05) is 27.2 Å². The van der Waals surface area contributed by atoms with Crippen molar-refractivity contribution >= 4 is 6.09 Å². The fourth-order valence-corrected chi connectivity index (χ4v) is 1.68. The first-order valence-electron chi connectivity index (χ1n) is 6.66. The third-order valence-corrected chi connectivity index (χ3v) is 3.33. The van der Waals surface area contributed by atoms with Crippen LogP contribution in [-0.4, -0.2) is 43.1 Å². The number of rotatable bonds is 5. The van der Waals surface area contributed by atoms with Crippen molar-refractivity contribution in [3.63, 3.8) is 0 Å². The van der Waals surface area contributed by atoms with Gasteiger partial charge in [0, 0.05) is 19.6 Å². The Labute approximate surface area is 121 Å². The summed E-state index contributed by atoms with van der Waals surface area (Å²) >= 11 is 0. The van der Waals surface area contributed by atoms with E-state index in [0.29, 0.717) is 18.8 Å². The minimum absolute atomic E-state index is 0.161. The Morgan fingerprint density at radius 1 is 1.45 bits per heavy atom. The van der Waals surface area contributed by atoms with E-state index in [0.717, 1.165) is 5.56 Å². The maximum Gasteiger partial charge on any atom is 0.414 e. The van der Waals surface area contributed by atoms with E-state index in [1.165, 1.54) is 4.90 Å². The van der Waals surface area contributed by atoms with E-state index in [1.54, 1.807) is 13.1 Å². The molecule has 1 aromatic carbocycles. The average Bonchev–Trinajstić information content (AvgIpc) is 2.46. The highest BCUT2D eigenvalue weighted by Gasteiger charge is 2.13. The van der Waals surface area contributed by atoms with Crippen LogP contribution in [0, 0.1) is 12.3 Å². The fraction of sp³-hybridized carbons (Fsp3) is 0.438. The molecule has 0 unspecified atom stereocenters. The number of terminal acetylenes is 1. The summed E-state index contributed by atoms with van der Waals surface area (Å²) in [5, 5.41) is 0. The van der Waals surface area contributed by atoms with Gasteiger partial charge in [0.2, 0.25) is 0 Å². The molecule has 0 aliphatic carbocycles. The van der Waals surface area contributed by atoms with E-state index >= 15 is 0 Å². The molecule has 0 saturated carbocycles.